The van der Waals surface area contributed by atoms with Crippen LogP contribution in [0.15, 0.2) is 71.3 Å². The fourth-order valence-corrected chi connectivity index (χ4v) is 4.14. The van der Waals surface area contributed by atoms with Gasteiger partial charge in [0.2, 0.25) is 0 Å². The van der Waals surface area contributed by atoms with Crippen LogP contribution in [0.4, 0.5) is 5.69 Å². The van der Waals surface area contributed by atoms with Crippen LogP contribution in [0.2, 0.25) is 0 Å². The van der Waals surface area contributed by atoms with Gasteiger partial charge >= 0.3 is 0 Å². The van der Waals surface area contributed by atoms with Crippen LogP contribution in [-0.2, 0) is 9.59 Å². The molecule has 4 rings (SSSR count). The highest BCUT2D eigenvalue weighted by Gasteiger charge is 2.39. The second-order valence-corrected chi connectivity index (χ2v) is 7.20. The molecule has 6 nitrogen and oxygen atoms in total. The summed E-state index contributed by atoms with van der Waals surface area (Å²) in [5.41, 5.74) is 4.26. The second-order valence-electron chi connectivity index (χ2n) is 7.20. The van der Waals surface area contributed by atoms with Crippen LogP contribution in [0.1, 0.15) is 37.7 Å². The lowest BCUT2D eigenvalue weighted by atomic mass is 9.74. The Kier molecular flexibility index (Phi) is 5.16. The molecular weight excluding hydrogens is 366 g/mol. The zero-order valence-electron chi connectivity index (χ0n) is 16.5. The summed E-state index contributed by atoms with van der Waals surface area (Å²) in [6.07, 6.45) is 5.34. The molecule has 0 saturated carbocycles. The van der Waals surface area contributed by atoms with Crippen LogP contribution in [-0.4, -0.2) is 23.8 Å². The lowest BCUT2D eigenvalue weighted by molar-refractivity contribution is -0.116. The van der Waals surface area contributed by atoms with Gasteiger partial charge in [0.25, 0.3) is 5.91 Å². The first kappa shape index (κ1) is 18.9. The Hall–Kier alpha value is -3.41. The minimum atomic E-state index is -0.480. The maximum absolute atomic E-state index is 13.3. The van der Waals surface area contributed by atoms with Crippen molar-refractivity contribution >= 4 is 17.4 Å². The average molecular weight is 389 g/mol. The molecule has 2 aromatic rings. The number of benzene rings is 1. The highest BCUT2D eigenvalue weighted by molar-refractivity contribution is 6.09. The largest absolute Gasteiger partial charge is 0.496 e. The lowest BCUT2D eigenvalue weighted by Crippen LogP contribution is -2.35. The number of ketones is 1. The van der Waals surface area contributed by atoms with E-state index < -0.39 is 5.92 Å². The Balaban J connectivity index is 1.83. The predicted molar refractivity (Wildman–Crippen MR) is 110 cm³/mol. The number of Topliss-reactive ketones (excluding diaryl/α,β-unsaturated/α-hetero) is 1. The van der Waals surface area contributed by atoms with E-state index in [0.717, 1.165) is 29.8 Å². The van der Waals surface area contributed by atoms with E-state index in [1.165, 1.54) is 0 Å². The minimum absolute atomic E-state index is 0.0776. The number of aromatic nitrogens is 1. The number of para-hydroxylation sites is 1. The fourth-order valence-electron chi connectivity index (χ4n) is 4.14. The molecule has 2 heterocycles. The monoisotopic (exact) mass is 389 g/mol. The standard InChI is InChI=1S/C23H23N3O3/c1-14-20(23(28)26-15-7-6-12-24-13-15)21(16-8-3-4-11-19(16)29-2)22-17(25-14)9-5-10-18(22)27/h3-4,6-8,11-13,21,25H,5,9-10H2,1-2H3,(H,26,28). The number of carbonyl (C=O) groups excluding carboxylic acids is 2. The number of rotatable bonds is 4. The fraction of sp³-hybridized carbons (Fsp3) is 0.261. The van der Waals surface area contributed by atoms with Crippen molar-refractivity contribution < 1.29 is 14.3 Å². The smallest absolute Gasteiger partial charge is 0.254 e. The number of nitrogens with one attached hydrogen (secondary N) is 2. The van der Waals surface area contributed by atoms with Crippen LogP contribution < -0.4 is 15.4 Å². The molecule has 0 radical (unpaired) electrons. The lowest BCUT2D eigenvalue weighted by Gasteiger charge is -2.35. The third kappa shape index (κ3) is 3.53. The maximum atomic E-state index is 13.3. The molecule has 29 heavy (non-hydrogen) atoms. The Morgan fingerprint density at radius 1 is 1.21 bits per heavy atom. The molecule has 0 fully saturated rings. The molecule has 1 aromatic heterocycles. The summed E-state index contributed by atoms with van der Waals surface area (Å²) in [5.74, 6) is -0.00589. The molecule has 0 spiro atoms. The van der Waals surface area contributed by atoms with E-state index in [4.69, 9.17) is 4.74 Å². The maximum Gasteiger partial charge on any atom is 0.254 e. The predicted octanol–water partition coefficient (Wildman–Crippen LogP) is 3.70. The van der Waals surface area contributed by atoms with Gasteiger partial charge in [-0.25, -0.2) is 0 Å². The van der Waals surface area contributed by atoms with Crippen molar-refractivity contribution in [3.8, 4) is 5.75 Å². The van der Waals surface area contributed by atoms with Crippen LogP contribution in [0, 0.1) is 0 Å². The number of methoxy groups -OCH3 is 1. The molecule has 148 valence electrons. The molecule has 1 aliphatic carbocycles. The van der Waals surface area contributed by atoms with Gasteiger partial charge in [-0.3, -0.25) is 14.6 Å². The summed E-state index contributed by atoms with van der Waals surface area (Å²) in [7, 11) is 1.60. The van der Waals surface area contributed by atoms with Crippen molar-refractivity contribution in [1.82, 2.24) is 10.3 Å². The Bertz CT molecular complexity index is 1020. The zero-order chi connectivity index (χ0) is 20.4. The van der Waals surface area contributed by atoms with E-state index in [0.29, 0.717) is 29.0 Å². The van der Waals surface area contributed by atoms with Gasteiger partial charge in [-0.2, -0.15) is 0 Å². The first-order valence-corrected chi connectivity index (χ1v) is 9.68. The van der Waals surface area contributed by atoms with Gasteiger partial charge in [-0.15, -0.1) is 0 Å². The summed E-state index contributed by atoms with van der Waals surface area (Å²) < 4.78 is 5.58. The molecule has 2 aliphatic rings. The quantitative estimate of drug-likeness (QED) is 0.834. The number of anilines is 1. The summed E-state index contributed by atoms with van der Waals surface area (Å²) in [4.78, 5) is 30.3. The van der Waals surface area contributed by atoms with Gasteiger partial charge in [-0.05, 0) is 38.0 Å². The Morgan fingerprint density at radius 3 is 2.79 bits per heavy atom. The van der Waals surface area contributed by atoms with Gasteiger partial charge in [-0.1, -0.05) is 18.2 Å². The number of ether oxygens (including phenoxy) is 1. The topological polar surface area (TPSA) is 80.3 Å². The van der Waals surface area contributed by atoms with Gasteiger partial charge in [0, 0.05) is 40.7 Å². The van der Waals surface area contributed by atoms with Crippen LogP contribution >= 0.6 is 0 Å². The number of pyridine rings is 1. The van der Waals surface area contributed by atoms with Crippen molar-refractivity contribution in [3.05, 3.63) is 76.9 Å². The third-order valence-electron chi connectivity index (χ3n) is 5.39. The number of nitrogens with zero attached hydrogens (tertiary/aromatic N) is 1. The number of dihydropyridines is 1. The molecule has 1 atom stereocenters. The van der Waals surface area contributed by atoms with Crippen molar-refractivity contribution in [2.75, 3.05) is 12.4 Å². The molecular formula is C23H23N3O3. The molecule has 0 bridgehead atoms. The van der Waals surface area contributed by atoms with E-state index in [9.17, 15) is 9.59 Å². The average Bonchev–Trinajstić information content (AvgIpc) is 2.73. The van der Waals surface area contributed by atoms with Crippen LogP contribution in [0.25, 0.3) is 0 Å². The third-order valence-corrected chi connectivity index (χ3v) is 5.39. The van der Waals surface area contributed by atoms with E-state index in [2.05, 4.69) is 15.6 Å². The molecule has 1 aromatic carbocycles. The Labute approximate surface area is 169 Å². The molecule has 1 amide bonds. The van der Waals surface area contributed by atoms with E-state index in [1.54, 1.807) is 31.6 Å². The summed E-state index contributed by atoms with van der Waals surface area (Å²) in [6.45, 7) is 1.88. The minimum Gasteiger partial charge on any atom is -0.496 e. The number of hydrogen-bond acceptors (Lipinski definition) is 5. The first-order valence-electron chi connectivity index (χ1n) is 9.68. The molecule has 0 saturated heterocycles. The number of hydrogen-bond donors (Lipinski definition) is 2. The van der Waals surface area contributed by atoms with Crippen molar-refractivity contribution in [1.29, 1.82) is 0 Å². The molecule has 6 heteroatoms. The highest BCUT2D eigenvalue weighted by atomic mass is 16.5. The number of amides is 1. The SMILES string of the molecule is COc1ccccc1C1C(C(=O)Nc2cccnc2)=C(C)NC2=C1C(=O)CCC2. The van der Waals surface area contributed by atoms with E-state index in [-0.39, 0.29) is 11.7 Å². The van der Waals surface area contributed by atoms with Crippen molar-refractivity contribution in [3.63, 3.8) is 0 Å². The van der Waals surface area contributed by atoms with Crippen LogP contribution in [0.5, 0.6) is 5.75 Å². The normalized spacial score (nSPS) is 18.8. The van der Waals surface area contributed by atoms with Crippen molar-refractivity contribution in [2.24, 2.45) is 0 Å². The second kappa shape index (κ2) is 7.91. The first-order chi connectivity index (χ1) is 14.1. The van der Waals surface area contributed by atoms with E-state index >= 15 is 0 Å². The van der Waals surface area contributed by atoms with Crippen molar-refractivity contribution in [2.45, 2.75) is 32.1 Å². The molecule has 1 aliphatic heterocycles. The van der Waals surface area contributed by atoms with E-state index in [1.807, 2.05) is 31.2 Å². The summed E-state index contributed by atoms with van der Waals surface area (Å²) in [6, 6.07) is 11.1. The van der Waals surface area contributed by atoms with Gasteiger partial charge < -0.3 is 15.4 Å². The number of carbonyl (C=O) groups is 2. The van der Waals surface area contributed by atoms with Gasteiger partial charge in [0.05, 0.1) is 24.9 Å². The summed E-state index contributed by atoms with van der Waals surface area (Å²) >= 11 is 0. The van der Waals surface area contributed by atoms with Crippen LogP contribution in [0.3, 0.4) is 0 Å². The summed E-state index contributed by atoms with van der Waals surface area (Å²) in [5, 5.41) is 6.24. The number of allylic oxidation sites excluding steroid dienone is 3. The van der Waals surface area contributed by atoms with Gasteiger partial charge in [0.15, 0.2) is 5.78 Å². The molecule has 1 unspecified atom stereocenters. The van der Waals surface area contributed by atoms with Gasteiger partial charge in [0.1, 0.15) is 5.75 Å². The zero-order valence-corrected chi connectivity index (χ0v) is 16.5. The molecule has 2 N–H and O–H groups in total. The highest BCUT2D eigenvalue weighted by Crippen LogP contribution is 2.45. The Morgan fingerprint density at radius 2 is 2.03 bits per heavy atom.